The maximum atomic E-state index is 5.56. The van der Waals surface area contributed by atoms with Crippen molar-refractivity contribution < 1.29 is 8.83 Å². The molecular formula is C21H23N5O2S. The third-order valence-electron chi connectivity index (χ3n) is 4.51. The molecule has 0 aliphatic heterocycles. The zero-order valence-electron chi connectivity index (χ0n) is 16.9. The molecule has 0 atom stereocenters. The summed E-state index contributed by atoms with van der Waals surface area (Å²) in [6.45, 7) is 8.93. The molecule has 0 saturated carbocycles. The monoisotopic (exact) mass is 409 g/mol. The molecule has 1 aromatic carbocycles. The van der Waals surface area contributed by atoms with Crippen molar-refractivity contribution in [1.29, 1.82) is 0 Å². The van der Waals surface area contributed by atoms with E-state index in [0.717, 1.165) is 22.3 Å². The number of furan rings is 1. The summed E-state index contributed by atoms with van der Waals surface area (Å²) in [5, 5.41) is 17.6. The fourth-order valence-electron chi connectivity index (χ4n) is 2.95. The van der Waals surface area contributed by atoms with E-state index in [2.05, 4.69) is 70.0 Å². The fourth-order valence-corrected chi connectivity index (χ4v) is 3.73. The van der Waals surface area contributed by atoms with Crippen LogP contribution < -0.4 is 0 Å². The molecule has 0 saturated heterocycles. The topological polar surface area (TPSA) is 82.8 Å². The number of aryl methyl sites for hydroxylation is 1. The molecule has 0 N–H and O–H groups in total. The minimum atomic E-state index is 0.101. The summed E-state index contributed by atoms with van der Waals surface area (Å²) in [5.74, 6) is 3.28. The normalized spacial score (nSPS) is 11.9. The molecule has 8 heteroatoms. The number of aromatic nitrogens is 5. The molecule has 0 unspecified atom stereocenters. The lowest BCUT2D eigenvalue weighted by atomic mass is 9.87. The molecule has 0 fully saturated rings. The summed E-state index contributed by atoms with van der Waals surface area (Å²) in [6, 6.07) is 12.3. The Morgan fingerprint density at radius 1 is 1.00 bits per heavy atom. The van der Waals surface area contributed by atoms with Crippen LogP contribution in [0, 0.1) is 6.92 Å². The second kappa shape index (κ2) is 7.87. The van der Waals surface area contributed by atoms with E-state index in [4.69, 9.17) is 8.83 Å². The van der Waals surface area contributed by atoms with Gasteiger partial charge in [0.15, 0.2) is 11.0 Å². The standard InChI is InChI=1S/C21H23N5O2S/c1-14-22-23-18(28-14)13-29-20-25-24-19(26(20)12-17-6-5-11-27-17)15-7-9-16(10-8-15)21(2,3)4/h5-11H,12-13H2,1-4H3. The summed E-state index contributed by atoms with van der Waals surface area (Å²) in [7, 11) is 0. The van der Waals surface area contributed by atoms with Crippen LogP contribution in [0.25, 0.3) is 11.4 Å². The molecule has 0 amide bonds. The maximum absolute atomic E-state index is 5.56. The van der Waals surface area contributed by atoms with Gasteiger partial charge in [0.25, 0.3) is 0 Å². The second-order valence-electron chi connectivity index (χ2n) is 7.80. The molecule has 0 aliphatic carbocycles. The van der Waals surface area contributed by atoms with Crippen molar-refractivity contribution in [1.82, 2.24) is 25.0 Å². The largest absolute Gasteiger partial charge is 0.467 e. The third-order valence-corrected chi connectivity index (χ3v) is 5.46. The van der Waals surface area contributed by atoms with Gasteiger partial charge in [-0.1, -0.05) is 56.8 Å². The van der Waals surface area contributed by atoms with Gasteiger partial charge in [-0.25, -0.2) is 0 Å². The molecule has 0 radical (unpaired) electrons. The highest BCUT2D eigenvalue weighted by atomic mass is 32.2. The van der Waals surface area contributed by atoms with Gasteiger partial charge in [-0.2, -0.15) is 0 Å². The van der Waals surface area contributed by atoms with Crippen molar-refractivity contribution in [2.45, 2.75) is 50.6 Å². The molecule has 3 aromatic heterocycles. The van der Waals surface area contributed by atoms with Gasteiger partial charge in [0.1, 0.15) is 5.76 Å². The number of thioether (sulfide) groups is 1. The van der Waals surface area contributed by atoms with Crippen LogP contribution in [0.3, 0.4) is 0 Å². The SMILES string of the molecule is Cc1nnc(CSc2nnc(-c3ccc(C(C)(C)C)cc3)n2Cc2ccco2)o1. The molecule has 4 rings (SSSR count). The van der Waals surface area contributed by atoms with Crippen LogP contribution in [-0.4, -0.2) is 25.0 Å². The first-order chi connectivity index (χ1) is 13.9. The van der Waals surface area contributed by atoms with Crippen LogP contribution in [0.1, 0.15) is 43.9 Å². The van der Waals surface area contributed by atoms with Crippen LogP contribution in [0.4, 0.5) is 0 Å². The van der Waals surface area contributed by atoms with E-state index in [-0.39, 0.29) is 5.41 Å². The maximum Gasteiger partial charge on any atom is 0.226 e. The van der Waals surface area contributed by atoms with Crippen LogP contribution in [0.2, 0.25) is 0 Å². The fraction of sp³-hybridized carbons (Fsp3) is 0.333. The zero-order valence-corrected chi connectivity index (χ0v) is 17.7. The Bertz CT molecular complexity index is 1080. The summed E-state index contributed by atoms with van der Waals surface area (Å²) >= 11 is 1.51. The van der Waals surface area contributed by atoms with Crippen molar-refractivity contribution in [3.05, 3.63) is 65.8 Å². The van der Waals surface area contributed by atoms with Crippen LogP contribution in [0.15, 0.2) is 56.7 Å². The molecule has 0 bridgehead atoms. The lowest BCUT2D eigenvalue weighted by Gasteiger charge is -2.19. The van der Waals surface area contributed by atoms with Crippen LogP contribution in [0.5, 0.6) is 0 Å². The molecular weight excluding hydrogens is 386 g/mol. The second-order valence-corrected chi connectivity index (χ2v) is 8.75. The Balaban J connectivity index is 1.64. The Morgan fingerprint density at radius 3 is 2.41 bits per heavy atom. The van der Waals surface area contributed by atoms with Gasteiger partial charge < -0.3 is 8.83 Å². The number of rotatable bonds is 6. The predicted molar refractivity (Wildman–Crippen MR) is 111 cm³/mol. The van der Waals surface area contributed by atoms with Gasteiger partial charge in [0.05, 0.1) is 18.6 Å². The highest BCUT2D eigenvalue weighted by Crippen LogP contribution is 2.29. The van der Waals surface area contributed by atoms with Gasteiger partial charge in [0.2, 0.25) is 11.8 Å². The average Bonchev–Trinajstić information content (AvgIpc) is 3.42. The zero-order chi connectivity index (χ0) is 20.4. The van der Waals surface area contributed by atoms with Crippen molar-refractivity contribution in [3.8, 4) is 11.4 Å². The lowest BCUT2D eigenvalue weighted by molar-refractivity contribution is 0.482. The number of hydrogen-bond acceptors (Lipinski definition) is 7. The smallest absolute Gasteiger partial charge is 0.226 e. The highest BCUT2D eigenvalue weighted by Gasteiger charge is 2.18. The number of nitrogens with zero attached hydrogens (tertiary/aromatic N) is 5. The summed E-state index contributed by atoms with van der Waals surface area (Å²) in [4.78, 5) is 0. The molecule has 4 aromatic rings. The minimum Gasteiger partial charge on any atom is -0.467 e. The molecule has 0 spiro atoms. The van der Waals surface area contributed by atoms with Gasteiger partial charge in [-0.05, 0) is 23.1 Å². The van der Waals surface area contributed by atoms with E-state index < -0.39 is 0 Å². The lowest BCUT2D eigenvalue weighted by Crippen LogP contribution is -2.10. The van der Waals surface area contributed by atoms with Crippen molar-refractivity contribution in [3.63, 3.8) is 0 Å². The van der Waals surface area contributed by atoms with Crippen LogP contribution >= 0.6 is 11.8 Å². The minimum absolute atomic E-state index is 0.101. The van der Waals surface area contributed by atoms with E-state index in [1.54, 1.807) is 13.2 Å². The number of benzene rings is 1. The van der Waals surface area contributed by atoms with Gasteiger partial charge in [-0.3, -0.25) is 4.57 Å². The summed E-state index contributed by atoms with van der Waals surface area (Å²) < 4.78 is 13.1. The molecule has 7 nitrogen and oxygen atoms in total. The van der Waals surface area contributed by atoms with E-state index >= 15 is 0 Å². The van der Waals surface area contributed by atoms with E-state index in [0.29, 0.717) is 24.1 Å². The van der Waals surface area contributed by atoms with Crippen molar-refractivity contribution >= 4 is 11.8 Å². The molecule has 29 heavy (non-hydrogen) atoms. The van der Waals surface area contributed by atoms with Gasteiger partial charge in [-0.15, -0.1) is 20.4 Å². The van der Waals surface area contributed by atoms with E-state index in [9.17, 15) is 0 Å². The number of hydrogen-bond donors (Lipinski definition) is 0. The summed E-state index contributed by atoms with van der Waals surface area (Å²) in [6.07, 6.45) is 1.67. The van der Waals surface area contributed by atoms with Crippen molar-refractivity contribution in [2.75, 3.05) is 0 Å². The van der Waals surface area contributed by atoms with Gasteiger partial charge in [0, 0.05) is 12.5 Å². The van der Waals surface area contributed by atoms with Crippen molar-refractivity contribution in [2.24, 2.45) is 0 Å². The van der Waals surface area contributed by atoms with E-state index in [1.807, 2.05) is 12.1 Å². The molecule has 150 valence electrons. The first-order valence-corrected chi connectivity index (χ1v) is 10.4. The van der Waals surface area contributed by atoms with Gasteiger partial charge >= 0.3 is 0 Å². The molecule has 0 aliphatic rings. The van der Waals surface area contributed by atoms with E-state index in [1.165, 1.54) is 17.3 Å². The summed E-state index contributed by atoms with van der Waals surface area (Å²) in [5.41, 5.74) is 2.39. The third kappa shape index (κ3) is 4.42. The Morgan fingerprint density at radius 2 is 1.79 bits per heavy atom. The average molecular weight is 410 g/mol. The Kier molecular flexibility index (Phi) is 5.27. The Hall–Kier alpha value is -2.87. The highest BCUT2D eigenvalue weighted by molar-refractivity contribution is 7.98. The Labute approximate surface area is 173 Å². The predicted octanol–water partition coefficient (Wildman–Crippen LogP) is 4.87. The first-order valence-electron chi connectivity index (χ1n) is 9.38. The van der Waals surface area contributed by atoms with Crippen LogP contribution in [-0.2, 0) is 17.7 Å². The first kappa shape index (κ1) is 19.4. The quantitative estimate of drug-likeness (QED) is 0.420. The molecule has 3 heterocycles.